The number of benzene rings is 2. The van der Waals surface area contributed by atoms with Gasteiger partial charge in [-0.05, 0) is 41.5 Å². The van der Waals surface area contributed by atoms with Crippen molar-refractivity contribution < 1.29 is 28.4 Å². The minimum atomic E-state index is -0.217. The summed E-state index contributed by atoms with van der Waals surface area (Å²) in [4.78, 5) is 44.0. The number of amides is 2. The lowest BCUT2D eigenvalue weighted by Gasteiger charge is -2.26. The Morgan fingerprint density at radius 2 is 1.42 bits per heavy atom. The van der Waals surface area contributed by atoms with Gasteiger partial charge in [-0.2, -0.15) is 4.57 Å². The highest BCUT2D eigenvalue weighted by Gasteiger charge is 2.29. The number of hydrogen-bond donors (Lipinski definition) is 4. The van der Waals surface area contributed by atoms with Gasteiger partial charge in [0.05, 0.1) is 55.4 Å². The third kappa shape index (κ3) is 7.93. The van der Waals surface area contributed by atoms with E-state index in [4.69, 9.17) is 30.8 Å². The van der Waals surface area contributed by atoms with Crippen molar-refractivity contribution in [3.8, 4) is 33.7 Å². The maximum Gasteiger partial charge on any atom is 0.292 e. The van der Waals surface area contributed by atoms with E-state index in [1.807, 2.05) is 65.4 Å². The molecule has 2 amide bonds. The molecule has 4 aromatic heterocycles. The van der Waals surface area contributed by atoms with Crippen LogP contribution in [0.15, 0.2) is 79.4 Å². The van der Waals surface area contributed by atoms with Gasteiger partial charge in [-0.1, -0.05) is 35.9 Å². The molecule has 2 aliphatic rings. The first-order chi connectivity index (χ1) is 27.0. The molecule has 2 fully saturated rings. The molecule has 6 aromatic rings. The average Bonchev–Trinajstić information content (AvgIpc) is 3.87. The van der Waals surface area contributed by atoms with Gasteiger partial charge in [0, 0.05) is 80.9 Å². The van der Waals surface area contributed by atoms with E-state index in [2.05, 4.69) is 30.4 Å². The molecule has 0 atom stereocenters. The van der Waals surface area contributed by atoms with Gasteiger partial charge in [-0.3, -0.25) is 19.4 Å². The second kappa shape index (κ2) is 16.6. The molecule has 2 aliphatic heterocycles. The molecule has 0 aliphatic carbocycles. The molecule has 0 radical (unpaired) electrons. The van der Waals surface area contributed by atoms with Gasteiger partial charge in [0.1, 0.15) is 23.8 Å². The van der Waals surface area contributed by atoms with Crippen molar-refractivity contribution in [3.63, 3.8) is 0 Å². The van der Waals surface area contributed by atoms with E-state index >= 15 is 0 Å². The van der Waals surface area contributed by atoms with E-state index in [9.17, 15) is 9.59 Å². The number of fused-ring (bicyclic) bond motifs is 2. The summed E-state index contributed by atoms with van der Waals surface area (Å²) < 4.78 is 18.5. The fourth-order valence-corrected chi connectivity index (χ4v) is 7.44. The number of H-pyrrole nitrogens is 2. The molecule has 0 spiro atoms. The Bertz CT molecular complexity index is 2290. The maximum absolute atomic E-state index is 14.0. The van der Waals surface area contributed by atoms with Crippen LogP contribution in [0.3, 0.4) is 0 Å². The highest BCUT2D eigenvalue weighted by Crippen LogP contribution is 2.34. The van der Waals surface area contributed by atoms with Crippen LogP contribution in [0.5, 0.6) is 5.75 Å². The van der Waals surface area contributed by atoms with E-state index in [1.165, 1.54) is 0 Å². The lowest BCUT2D eigenvalue weighted by molar-refractivity contribution is -0.566. The van der Waals surface area contributed by atoms with Crippen molar-refractivity contribution in [2.24, 2.45) is 0 Å². The number of aromatic amines is 2. The molecule has 6 heterocycles. The van der Waals surface area contributed by atoms with Crippen molar-refractivity contribution in [2.75, 3.05) is 85.9 Å². The number of carbonyl (C=O) groups is 2. The first-order valence-corrected chi connectivity index (χ1v) is 19.0. The summed E-state index contributed by atoms with van der Waals surface area (Å²) >= 11 is 6.36. The highest BCUT2D eigenvalue weighted by atomic mass is 35.5. The molecular formula is C41H44ClN8O5+. The molecular weight excluding hydrogens is 720 g/mol. The average molecular weight is 764 g/mol. The normalized spacial score (nSPS) is 15.4. The summed E-state index contributed by atoms with van der Waals surface area (Å²) in [5, 5.41) is 8.24. The lowest BCUT2D eigenvalue weighted by Crippen LogP contribution is -2.41. The summed E-state index contributed by atoms with van der Waals surface area (Å²) in [6, 6.07) is 17.4. The zero-order valence-corrected chi connectivity index (χ0v) is 31.5. The molecule has 14 heteroatoms. The Hall–Kier alpha value is -5.31. The molecule has 0 unspecified atom stereocenters. The monoisotopic (exact) mass is 763 g/mol. The minimum Gasteiger partial charge on any atom is -0.497 e. The zero-order valence-electron chi connectivity index (χ0n) is 30.7. The van der Waals surface area contributed by atoms with Crippen LogP contribution < -0.4 is 19.9 Å². The third-order valence-electron chi connectivity index (χ3n) is 10.3. The molecule has 55 heavy (non-hydrogen) atoms. The Morgan fingerprint density at radius 1 is 0.818 bits per heavy atom. The van der Waals surface area contributed by atoms with E-state index in [0.717, 1.165) is 72.7 Å². The Balaban J connectivity index is 1.26. The predicted octanol–water partition coefficient (Wildman–Crippen LogP) is 4.44. The highest BCUT2D eigenvalue weighted by molar-refractivity contribution is 6.30. The van der Waals surface area contributed by atoms with Gasteiger partial charge >= 0.3 is 0 Å². The summed E-state index contributed by atoms with van der Waals surface area (Å²) in [7, 11) is 1.64. The number of aromatic nitrogens is 4. The van der Waals surface area contributed by atoms with Gasteiger partial charge in [0.2, 0.25) is 0 Å². The summed E-state index contributed by atoms with van der Waals surface area (Å²) in [5.74, 6) is 0.334. The van der Waals surface area contributed by atoms with Crippen LogP contribution in [-0.2, 0) is 9.47 Å². The van der Waals surface area contributed by atoms with Crippen LogP contribution >= 0.6 is 11.6 Å². The molecule has 0 bridgehead atoms. The first-order valence-electron chi connectivity index (χ1n) is 18.6. The number of ether oxygens (including phenoxy) is 3. The second-order valence-electron chi connectivity index (χ2n) is 13.7. The van der Waals surface area contributed by atoms with Crippen molar-refractivity contribution >= 4 is 45.5 Å². The predicted molar refractivity (Wildman–Crippen MR) is 211 cm³/mol. The number of halogens is 1. The van der Waals surface area contributed by atoms with Crippen LogP contribution in [0.2, 0.25) is 5.02 Å². The molecule has 2 saturated heterocycles. The van der Waals surface area contributed by atoms with Crippen molar-refractivity contribution in [2.45, 2.75) is 0 Å². The number of rotatable bonds is 12. The van der Waals surface area contributed by atoms with Crippen molar-refractivity contribution in [3.05, 3.63) is 95.5 Å². The van der Waals surface area contributed by atoms with Crippen LogP contribution in [0.1, 0.15) is 20.7 Å². The molecule has 0 saturated carbocycles. The number of pyridine rings is 2. The molecule has 2 aromatic carbocycles. The Morgan fingerprint density at radius 3 is 2.05 bits per heavy atom. The SMILES string of the molecule is COc1ccc(-c2cc3c(C(=O)NCCN4CCOCC4)c[nH]c3[n+](-c3c(-c4ccc(Cl)cc4)cnc4[nH]cc(C(=O)NCCN5CCOCC5)c34)c2)cc1. The topological polar surface area (TPSA) is 141 Å². The van der Waals surface area contributed by atoms with Gasteiger partial charge in [0.15, 0.2) is 5.69 Å². The summed E-state index contributed by atoms with van der Waals surface area (Å²) in [5.41, 5.74) is 6.32. The number of nitrogens with one attached hydrogen (secondary N) is 4. The van der Waals surface area contributed by atoms with E-state index in [-0.39, 0.29) is 11.8 Å². The van der Waals surface area contributed by atoms with Gasteiger partial charge in [-0.25, -0.2) is 9.97 Å². The van der Waals surface area contributed by atoms with Gasteiger partial charge in [-0.15, -0.1) is 0 Å². The molecule has 13 nitrogen and oxygen atoms in total. The van der Waals surface area contributed by atoms with Crippen LogP contribution in [0, 0.1) is 0 Å². The molecule has 4 N–H and O–H groups in total. The number of hydrogen-bond acceptors (Lipinski definition) is 8. The zero-order chi connectivity index (χ0) is 37.7. The maximum atomic E-state index is 14.0. The van der Waals surface area contributed by atoms with E-state index in [1.54, 1.807) is 25.7 Å². The number of carbonyl (C=O) groups excluding carboxylic acids is 2. The summed E-state index contributed by atoms with van der Waals surface area (Å²) in [6.07, 6.45) is 7.30. The Kier molecular flexibility index (Phi) is 11.1. The van der Waals surface area contributed by atoms with Crippen molar-refractivity contribution in [1.29, 1.82) is 0 Å². The number of nitrogens with zero attached hydrogens (tertiary/aromatic N) is 4. The lowest BCUT2D eigenvalue weighted by atomic mass is 10.0. The van der Waals surface area contributed by atoms with Gasteiger partial charge in [0.25, 0.3) is 17.5 Å². The third-order valence-corrected chi connectivity index (χ3v) is 10.6. The quantitative estimate of drug-likeness (QED) is 0.134. The minimum absolute atomic E-state index is 0.183. The smallest absolute Gasteiger partial charge is 0.292 e. The fraction of sp³-hybridized carbons (Fsp3) is 0.317. The first kappa shape index (κ1) is 36.7. The number of methoxy groups -OCH3 is 1. The number of morpholine rings is 2. The Labute approximate surface area is 323 Å². The molecule has 8 rings (SSSR count). The van der Waals surface area contributed by atoms with Crippen LogP contribution in [-0.4, -0.2) is 122 Å². The fourth-order valence-electron chi connectivity index (χ4n) is 7.31. The van der Waals surface area contributed by atoms with Gasteiger partial charge < -0.3 is 29.8 Å². The summed E-state index contributed by atoms with van der Waals surface area (Å²) in [6.45, 7) is 8.58. The van der Waals surface area contributed by atoms with Crippen LogP contribution in [0.25, 0.3) is 50.0 Å². The standard InChI is InChI=1S/C41H43ClN8O5/c1-53-31-8-4-27(5-9-31)29-22-32-34(40(51)43-10-12-48-14-18-54-19-15-48)24-47-39(32)50(26-29)37-33(28-2-6-30(42)7-3-28)23-45-38-36(37)35(25-46-38)41(52)44-11-13-49-16-20-55-21-17-49/h2-9,22-26H,10-21H2,1H3,(H3,43,44,45,46,51,52)/p+1. The van der Waals surface area contributed by atoms with Crippen molar-refractivity contribution in [1.82, 2.24) is 35.4 Å². The second-order valence-corrected chi connectivity index (χ2v) is 14.1. The molecule has 284 valence electrons. The largest absolute Gasteiger partial charge is 0.497 e. The van der Waals surface area contributed by atoms with Crippen LogP contribution in [0.4, 0.5) is 0 Å². The van der Waals surface area contributed by atoms with E-state index < -0.39 is 0 Å². The van der Waals surface area contributed by atoms with E-state index in [0.29, 0.717) is 78.0 Å².